The quantitative estimate of drug-likeness (QED) is 0.741. The van der Waals surface area contributed by atoms with Gasteiger partial charge >= 0.3 is 0 Å². The third kappa shape index (κ3) is 4.51. The fraction of sp³-hybridized carbons (Fsp3) is 0.294. The molecule has 1 unspecified atom stereocenters. The molecule has 0 radical (unpaired) electrons. The maximum Gasteiger partial charge on any atom is 0.263 e. The van der Waals surface area contributed by atoms with Gasteiger partial charge in [0.1, 0.15) is 0 Å². The summed E-state index contributed by atoms with van der Waals surface area (Å²) in [4.78, 5) is 0. The molecule has 1 atom stereocenters. The number of hydrogen-bond donors (Lipinski definition) is 1. The summed E-state index contributed by atoms with van der Waals surface area (Å²) >= 11 is 5.89. The molecule has 0 bridgehead atoms. The monoisotopic (exact) mass is 309 g/mol. The molecule has 0 aromatic heterocycles. The maximum atomic E-state index is 12.7. The molecule has 0 amide bonds. The Kier molecular flexibility index (Phi) is 5.71. The summed E-state index contributed by atoms with van der Waals surface area (Å²) in [6.45, 7) is 2.64. The van der Waals surface area contributed by atoms with Crippen molar-refractivity contribution in [1.82, 2.24) is 5.32 Å². The van der Waals surface area contributed by atoms with Gasteiger partial charge in [-0.2, -0.15) is 0 Å². The first-order valence-corrected chi connectivity index (χ1v) is 7.33. The van der Waals surface area contributed by atoms with E-state index in [9.17, 15) is 8.78 Å². The highest BCUT2D eigenvalue weighted by Crippen LogP contribution is 2.22. The largest absolute Gasteiger partial charge is 0.306 e. The van der Waals surface area contributed by atoms with E-state index < -0.39 is 6.43 Å². The Morgan fingerprint density at radius 1 is 1.05 bits per heavy atom. The minimum Gasteiger partial charge on any atom is -0.306 e. The molecule has 0 heterocycles. The van der Waals surface area contributed by atoms with Crippen molar-refractivity contribution in [2.24, 2.45) is 0 Å². The summed E-state index contributed by atoms with van der Waals surface area (Å²) in [5, 5.41) is 4.11. The van der Waals surface area contributed by atoms with Crippen LogP contribution in [0.3, 0.4) is 0 Å². The van der Waals surface area contributed by atoms with Gasteiger partial charge in [-0.3, -0.25) is 0 Å². The summed E-state index contributed by atoms with van der Waals surface area (Å²) in [5.41, 5.74) is 2.07. The van der Waals surface area contributed by atoms with Crippen LogP contribution in [0, 0.1) is 0 Å². The second-order valence-electron chi connectivity index (χ2n) is 4.94. The molecule has 4 heteroatoms. The van der Waals surface area contributed by atoms with E-state index in [0.29, 0.717) is 11.6 Å². The van der Waals surface area contributed by atoms with E-state index in [1.54, 1.807) is 12.1 Å². The lowest BCUT2D eigenvalue weighted by atomic mass is 10.0. The molecule has 0 aliphatic carbocycles. The molecule has 0 aliphatic rings. The molecular weight excluding hydrogens is 292 g/mol. The molecule has 0 spiro atoms. The zero-order valence-corrected chi connectivity index (χ0v) is 12.6. The Labute approximate surface area is 128 Å². The van der Waals surface area contributed by atoms with Crippen LogP contribution in [0.2, 0.25) is 5.02 Å². The third-order valence-electron chi connectivity index (χ3n) is 3.44. The van der Waals surface area contributed by atoms with Crippen molar-refractivity contribution >= 4 is 11.6 Å². The van der Waals surface area contributed by atoms with E-state index in [1.165, 1.54) is 6.07 Å². The maximum absolute atomic E-state index is 12.7. The standard InChI is InChI=1S/C17H18ClF2N/c1-2-16(13-6-8-15(18)9-7-13)21-11-12-4-3-5-14(10-12)17(19)20/h3-10,16-17,21H,2,11H2,1H3. The Morgan fingerprint density at radius 2 is 1.76 bits per heavy atom. The van der Waals surface area contributed by atoms with Crippen LogP contribution in [0.15, 0.2) is 48.5 Å². The fourth-order valence-electron chi connectivity index (χ4n) is 2.27. The van der Waals surface area contributed by atoms with Gasteiger partial charge < -0.3 is 5.32 Å². The van der Waals surface area contributed by atoms with Gasteiger partial charge in [-0.1, -0.05) is 48.9 Å². The van der Waals surface area contributed by atoms with Gasteiger partial charge in [0.15, 0.2) is 0 Å². The molecule has 21 heavy (non-hydrogen) atoms. The van der Waals surface area contributed by atoms with Crippen LogP contribution in [0.1, 0.15) is 42.5 Å². The molecule has 0 fully saturated rings. The van der Waals surface area contributed by atoms with E-state index in [-0.39, 0.29) is 11.6 Å². The second-order valence-corrected chi connectivity index (χ2v) is 5.38. The van der Waals surface area contributed by atoms with Gasteiger partial charge in [0.05, 0.1) is 0 Å². The Bertz CT molecular complexity index is 569. The predicted octanol–water partition coefficient (Wildman–Crippen LogP) is 5.52. The molecule has 2 aromatic carbocycles. The predicted molar refractivity (Wildman–Crippen MR) is 82.7 cm³/mol. The zero-order chi connectivity index (χ0) is 15.2. The van der Waals surface area contributed by atoms with E-state index in [0.717, 1.165) is 17.5 Å². The lowest BCUT2D eigenvalue weighted by Crippen LogP contribution is -2.20. The van der Waals surface area contributed by atoms with Gasteiger partial charge in [0.2, 0.25) is 0 Å². The molecule has 0 saturated carbocycles. The van der Waals surface area contributed by atoms with Gasteiger partial charge in [0, 0.05) is 23.2 Å². The minimum atomic E-state index is -2.43. The molecule has 112 valence electrons. The number of alkyl halides is 2. The average Bonchev–Trinajstić information content (AvgIpc) is 2.50. The lowest BCUT2D eigenvalue weighted by molar-refractivity contribution is 0.151. The lowest BCUT2D eigenvalue weighted by Gasteiger charge is -2.18. The number of benzene rings is 2. The summed E-state index contributed by atoms with van der Waals surface area (Å²) in [6.07, 6.45) is -1.51. The van der Waals surface area contributed by atoms with Crippen molar-refractivity contribution in [2.75, 3.05) is 0 Å². The van der Waals surface area contributed by atoms with Gasteiger partial charge in [-0.15, -0.1) is 0 Å². The Hall–Kier alpha value is -1.45. The topological polar surface area (TPSA) is 12.0 Å². The zero-order valence-electron chi connectivity index (χ0n) is 11.8. The number of rotatable bonds is 6. The SMILES string of the molecule is CCC(NCc1cccc(C(F)F)c1)c1ccc(Cl)cc1. The molecule has 0 saturated heterocycles. The van der Waals surface area contributed by atoms with E-state index >= 15 is 0 Å². The van der Waals surface area contributed by atoms with Gasteiger partial charge in [0.25, 0.3) is 6.43 Å². The smallest absolute Gasteiger partial charge is 0.263 e. The highest BCUT2D eigenvalue weighted by molar-refractivity contribution is 6.30. The average molecular weight is 310 g/mol. The highest BCUT2D eigenvalue weighted by atomic mass is 35.5. The first-order valence-electron chi connectivity index (χ1n) is 6.96. The number of nitrogens with one attached hydrogen (secondary N) is 1. The van der Waals surface area contributed by atoms with Gasteiger partial charge in [-0.05, 0) is 35.7 Å². The van der Waals surface area contributed by atoms with Crippen LogP contribution in [0.4, 0.5) is 8.78 Å². The van der Waals surface area contributed by atoms with Crippen molar-refractivity contribution in [3.63, 3.8) is 0 Å². The first-order chi connectivity index (χ1) is 10.1. The van der Waals surface area contributed by atoms with E-state index in [4.69, 9.17) is 11.6 Å². The van der Waals surface area contributed by atoms with Crippen molar-refractivity contribution in [3.8, 4) is 0 Å². The second kappa shape index (κ2) is 7.53. The van der Waals surface area contributed by atoms with Crippen LogP contribution < -0.4 is 5.32 Å². The number of halogens is 3. The molecule has 0 aliphatic heterocycles. The summed E-state index contributed by atoms with van der Waals surface area (Å²) < 4.78 is 25.4. The molecule has 2 rings (SSSR count). The van der Waals surface area contributed by atoms with Crippen molar-refractivity contribution in [3.05, 3.63) is 70.2 Å². The van der Waals surface area contributed by atoms with Crippen molar-refractivity contribution in [1.29, 1.82) is 0 Å². The fourth-order valence-corrected chi connectivity index (χ4v) is 2.40. The van der Waals surface area contributed by atoms with E-state index in [1.807, 2.05) is 30.3 Å². The number of hydrogen-bond acceptors (Lipinski definition) is 1. The molecule has 1 N–H and O–H groups in total. The highest BCUT2D eigenvalue weighted by Gasteiger charge is 2.10. The Balaban J connectivity index is 2.03. The molecule has 1 nitrogen and oxygen atoms in total. The van der Waals surface area contributed by atoms with Crippen LogP contribution in [0.5, 0.6) is 0 Å². The van der Waals surface area contributed by atoms with Gasteiger partial charge in [-0.25, -0.2) is 8.78 Å². The normalized spacial score (nSPS) is 12.6. The van der Waals surface area contributed by atoms with Crippen LogP contribution in [-0.4, -0.2) is 0 Å². The third-order valence-corrected chi connectivity index (χ3v) is 3.69. The summed E-state index contributed by atoms with van der Waals surface area (Å²) in [6, 6.07) is 14.4. The Morgan fingerprint density at radius 3 is 2.38 bits per heavy atom. The van der Waals surface area contributed by atoms with Crippen LogP contribution in [-0.2, 0) is 6.54 Å². The van der Waals surface area contributed by atoms with Crippen LogP contribution in [0.25, 0.3) is 0 Å². The molecular formula is C17H18ClF2N. The van der Waals surface area contributed by atoms with E-state index in [2.05, 4.69) is 12.2 Å². The van der Waals surface area contributed by atoms with Crippen molar-refractivity contribution in [2.45, 2.75) is 32.4 Å². The minimum absolute atomic E-state index is 0.0637. The molecule has 2 aromatic rings. The summed E-state index contributed by atoms with van der Waals surface area (Å²) in [5.74, 6) is 0. The van der Waals surface area contributed by atoms with Crippen molar-refractivity contribution < 1.29 is 8.78 Å². The summed E-state index contributed by atoms with van der Waals surface area (Å²) in [7, 11) is 0. The first kappa shape index (κ1) is 15.9. The van der Waals surface area contributed by atoms with Crippen LogP contribution >= 0.6 is 11.6 Å².